The zero-order chi connectivity index (χ0) is 21.8. The standard InChI is InChI=1S/C24H27NO5/c1-5-14-25-21(16-6-10-18(29-4)11-7-16)20(23(27)24(25)28)22(26)17-8-12-19(13-9-17)30-15(2)3/h6-13,15,21,26H,5,14H2,1-4H3/b22-20-. The Morgan fingerprint density at radius 3 is 2.17 bits per heavy atom. The highest BCUT2D eigenvalue weighted by atomic mass is 16.5. The van der Waals surface area contributed by atoms with Gasteiger partial charge < -0.3 is 19.5 Å². The minimum Gasteiger partial charge on any atom is -0.507 e. The van der Waals surface area contributed by atoms with Crippen LogP contribution in [0.5, 0.6) is 11.5 Å². The van der Waals surface area contributed by atoms with Crippen LogP contribution in [0.15, 0.2) is 54.1 Å². The molecule has 6 heteroatoms. The molecule has 1 amide bonds. The van der Waals surface area contributed by atoms with Gasteiger partial charge in [0.2, 0.25) is 0 Å². The van der Waals surface area contributed by atoms with E-state index in [4.69, 9.17) is 9.47 Å². The van der Waals surface area contributed by atoms with Crippen molar-refractivity contribution >= 4 is 17.4 Å². The average molecular weight is 409 g/mol. The van der Waals surface area contributed by atoms with E-state index in [2.05, 4.69) is 0 Å². The molecule has 1 N–H and O–H groups in total. The lowest BCUT2D eigenvalue weighted by Gasteiger charge is -2.25. The topological polar surface area (TPSA) is 76.1 Å². The van der Waals surface area contributed by atoms with Crippen molar-refractivity contribution in [3.05, 3.63) is 65.2 Å². The lowest BCUT2D eigenvalue weighted by atomic mass is 9.95. The van der Waals surface area contributed by atoms with Gasteiger partial charge in [-0.1, -0.05) is 19.1 Å². The third-order valence-corrected chi connectivity index (χ3v) is 4.94. The van der Waals surface area contributed by atoms with Crippen LogP contribution in [0.3, 0.4) is 0 Å². The second-order valence-corrected chi connectivity index (χ2v) is 7.46. The molecular formula is C24H27NO5. The Morgan fingerprint density at radius 1 is 1.03 bits per heavy atom. The molecule has 1 saturated heterocycles. The van der Waals surface area contributed by atoms with E-state index in [0.29, 0.717) is 30.0 Å². The van der Waals surface area contributed by atoms with Gasteiger partial charge in [-0.3, -0.25) is 9.59 Å². The predicted octanol–water partition coefficient (Wildman–Crippen LogP) is 4.31. The summed E-state index contributed by atoms with van der Waals surface area (Å²) in [6.07, 6.45) is 0.722. The number of amides is 1. The molecule has 1 aliphatic heterocycles. The Hall–Kier alpha value is -3.28. The van der Waals surface area contributed by atoms with Gasteiger partial charge in [-0.2, -0.15) is 0 Å². The summed E-state index contributed by atoms with van der Waals surface area (Å²) in [6.45, 7) is 6.22. The van der Waals surface area contributed by atoms with E-state index in [1.807, 2.05) is 32.9 Å². The summed E-state index contributed by atoms with van der Waals surface area (Å²) in [5.41, 5.74) is 1.29. The highest BCUT2D eigenvalue weighted by Gasteiger charge is 2.45. The summed E-state index contributed by atoms with van der Waals surface area (Å²) >= 11 is 0. The van der Waals surface area contributed by atoms with Crippen LogP contribution in [0.4, 0.5) is 0 Å². The van der Waals surface area contributed by atoms with Gasteiger partial charge in [0.25, 0.3) is 11.7 Å². The van der Waals surface area contributed by atoms with Crippen LogP contribution < -0.4 is 9.47 Å². The molecule has 0 aliphatic carbocycles. The van der Waals surface area contributed by atoms with Crippen LogP contribution >= 0.6 is 0 Å². The lowest BCUT2D eigenvalue weighted by Crippen LogP contribution is -2.30. The Labute approximate surface area is 176 Å². The molecule has 1 unspecified atom stereocenters. The van der Waals surface area contributed by atoms with Crippen molar-refractivity contribution in [2.45, 2.75) is 39.3 Å². The van der Waals surface area contributed by atoms with E-state index in [-0.39, 0.29) is 17.4 Å². The fourth-order valence-corrected chi connectivity index (χ4v) is 3.60. The maximum Gasteiger partial charge on any atom is 0.295 e. The van der Waals surface area contributed by atoms with Gasteiger partial charge in [-0.15, -0.1) is 0 Å². The van der Waals surface area contributed by atoms with Gasteiger partial charge in [-0.05, 0) is 62.2 Å². The molecule has 1 atom stereocenters. The molecule has 0 saturated carbocycles. The molecule has 1 fully saturated rings. The number of Topliss-reactive ketones (excluding diaryl/α,β-unsaturated/α-hetero) is 1. The van der Waals surface area contributed by atoms with E-state index in [1.165, 1.54) is 4.90 Å². The van der Waals surface area contributed by atoms with Gasteiger partial charge >= 0.3 is 0 Å². The summed E-state index contributed by atoms with van der Waals surface area (Å²) in [7, 11) is 1.57. The Kier molecular flexibility index (Phi) is 6.45. The Balaban J connectivity index is 2.07. The molecule has 3 rings (SSSR count). The lowest BCUT2D eigenvalue weighted by molar-refractivity contribution is -0.139. The molecule has 30 heavy (non-hydrogen) atoms. The van der Waals surface area contributed by atoms with Crippen molar-refractivity contribution in [2.75, 3.05) is 13.7 Å². The van der Waals surface area contributed by atoms with Crippen molar-refractivity contribution in [1.29, 1.82) is 0 Å². The van der Waals surface area contributed by atoms with Crippen LogP contribution in [-0.2, 0) is 9.59 Å². The number of methoxy groups -OCH3 is 1. The van der Waals surface area contributed by atoms with Crippen LogP contribution in [0.2, 0.25) is 0 Å². The largest absolute Gasteiger partial charge is 0.507 e. The Morgan fingerprint density at radius 2 is 1.63 bits per heavy atom. The molecule has 2 aromatic rings. The van der Waals surface area contributed by atoms with E-state index in [9.17, 15) is 14.7 Å². The fraction of sp³-hybridized carbons (Fsp3) is 0.333. The summed E-state index contributed by atoms with van der Waals surface area (Å²) in [5, 5.41) is 11.0. The molecule has 158 valence electrons. The van der Waals surface area contributed by atoms with E-state index in [1.54, 1.807) is 43.5 Å². The molecule has 1 heterocycles. The van der Waals surface area contributed by atoms with Gasteiger partial charge in [0.05, 0.1) is 24.8 Å². The monoisotopic (exact) mass is 409 g/mol. The third-order valence-electron chi connectivity index (χ3n) is 4.94. The minimum atomic E-state index is -0.677. The number of carbonyl (C=O) groups is 2. The van der Waals surface area contributed by atoms with Crippen molar-refractivity contribution in [1.82, 2.24) is 4.90 Å². The third kappa shape index (κ3) is 4.17. The zero-order valence-electron chi connectivity index (χ0n) is 17.7. The number of benzene rings is 2. The van der Waals surface area contributed by atoms with Crippen LogP contribution in [0, 0.1) is 0 Å². The van der Waals surface area contributed by atoms with Crippen LogP contribution in [0.25, 0.3) is 5.76 Å². The van der Waals surface area contributed by atoms with Crippen molar-refractivity contribution in [3.8, 4) is 11.5 Å². The van der Waals surface area contributed by atoms with Gasteiger partial charge in [0.15, 0.2) is 0 Å². The van der Waals surface area contributed by atoms with Gasteiger partial charge in [-0.25, -0.2) is 0 Å². The minimum absolute atomic E-state index is 0.0267. The molecule has 0 radical (unpaired) electrons. The van der Waals surface area contributed by atoms with Crippen molar-refractivity contribution in [2.24, 2.45) is 0 Å². The first kappa shape index (κ1) is 21.4. The number of aliphatic hydroxyl groups excluding tert-OH is 1. The number of nitrogens with zero attached hydrogens (tertiary/aromatic N) is 1. The van der Waals surface area contributed by atoms with E-state index in [0.717, 1.165) is 5.56 Å². The number of ketones is 1. The zero-order valence-corrected chi connectivity index (χ0v) is 17.7. The summed E-state index contributed by atoms with van der Waals surface area (Å²) < 4.78 is 10.8. The molecule has 6 nitrogen and oxygen atoms in total. The number of hydrogen-bond acceptors (Lipinski definition) is 5. The summed E-state index contributed by atoms with van der Waals surface area (Å²) in [6, 6.07) is 13.4. The van der Waals surface area contributed by atoms with Crippen molar-refractivity contribution in [3.63, 3.8) is 0 Å². The highest BCUT2D eigenvalue weighted by molar-refractivity contribution is 6.46. The summed E-state index contributed by atoms with van der Waals surface area (Å²) in [5.74, 6) is -0.126. The number of aliphatic hydroxyl groups is 1. The van der Waals surface area contributed by atoms with Crippen LogP contribution in [-0.4, -0.2) is 41.5 Å². The van der Waals surface area contributed by atoms with Crippen LogP contribution in [0.1, 0.15) is 44.4 Å². The van der Waals surface area contributed by atoms with Crippen molar-refractivity contribution < 1.29 is 24.2 Å². The summed E-state index contributed by atoms with van der Waals surface area (Å²) in [4.78, 5) is 27.1. The molecule has 1 aliphatic rings. The van der Waals surface area contributed by atoms with E-state index >= 15 is 0 Å². The molecule has 2 aromatic carbocycles. The smallest absolute Gasteiger partial charge is 0.295 e. The number of carbonyl (C=O) groups excluding carboxylic acids is 2. The number of rotatable bonds is 7. The first-order valence-electron chi connectivity index (χ1n) is 10.1. The van der Waals surface area contributed by atoms with Gasteiger partial charge in [0, 0.05) is 12.1 Å². The SMILES string of the molecule is CCCN1C(=O)C(=O)/C(=C(\O)c2ccc(OC(C)C)cc2)C1c1ccc(OC)cc1. The number of hydrogen-bond donors (Lipinski definition) is 1. The maximum absolute atomic E-state index is 12.9. The quantitative estimate of drug-likeness (QED) is 0.419. The average Bonchev–Trinajstić information content (AvgIpc) is 2.99. The number of ether oxygens (including phenoxy) is 2. The second kappa shape index (κ2) is 9.03. The fourth-order valence-electron chi connectivity index (χ4n) is 3.60. The molecule has 0 aromatic heterocycles. The first-order chi connectivity index (χ1) is 14.4. The first-order valence-corrected chi connectivity index (χ1v) is 10.1. The maximum atomic E-state index is 12.9. The molecule has 0 bridgehead atoms. The highest BCUT2D eigenvalue weighted by Crippen LogP contribution is 2.40. The Bertz CT molecular complexity index is 945. The van der Waals surface area contributed by atoms with E-state index < -0.39 is 17.7 Å². The van der Waals surface area contributed by atoms with Gasteiger partial charge in [0.1, 0.15) is 17.3 Å². The molecule has 0 spiro atoms. The predicted molar refractivity (Wildman–Crippen MR) is 115 cm³/mol. The molecular weight excluding hydrogens is 382 g/mol. The normalized spacial score (nSPS) is 18.2. The number of likely N-dealkylation sites (tertiary alicyclic amines) is 1. The second-order valence-electron chi connectivity index (χ2n) is 7.46.